The number of aromatic nitrogens is 1. The maximum absolute atomic E-state index is 12.6. The Morgan fingerprint density at radius 3 is 2.65 bits per heavy atom. The highest BCUT2D eigenvalue weighted by atomic mass is 79.9. The first kappa shape index (κ1) is 17.4. The molecule has 0 saturated carbocycles. The highest BCUT2D eigenvalue weighted by Crippen LogP contribution is 2.25. The van der Waals surface area contributed by atoms with Gasteiger partial charge in [0.15, 0.2) is 0 Å². The zero-order chi connectivity index (χ0) is 15.3. The molecule has 1 rings (SSSR count). The van der Waals surface area contributed by atoms with E-state index in [1.807, 2.05) is 6.92 Å². The second-order valence-electron chi connectivity index (χ2n) is 5.04. The minimum Gasteiger partial charge on any atom is -0.369 e. The lowest BCUT2D eigenvalue weighted by atomic mass is 10.1. The van der Waals surface area contributed by atoms with E-state index in [0.717, 1.165) is 6.42 Å². The lowest BCUT2D eigenvalue weighted by molar-refractivity contribution is 0.428. The monoisotopic (exact) mass is 363 g/mol. The number of rotatable bonds is 7. The molecule has 0 atom stereocenters. The first-order valence-corrected chi connectivity index (χ1v) is 8.88. The van der Waals surface area contributed by atoms with E-state index in [0.29, 0.717) is 29.3 Å². The fourth-order valence-corrected chi connectivity index (χ4v) is 3.46. The molecule has 0 aliphatic carbocycles. The van der Waals surface area contributed by atoms with Gasteiger partial charge in [-0.1, -0.05) is 13.8 Å². The molecule has 0 spiro atoms. The van der Waals surface area contributed by atoms with Crippen LogP contribution in [-0.4, -0.2) is 37.8 Å². The van der Waals surface area contributed by atoms with Gasteiger partial charge >= 0.3 is 0 Å². The molecule has 0 bridgehead atoms. The summed E-state index contributed by atoms with van der Waals surface area (Å²) in [6.07, 6.45) is 2.42. The van der Waals surface area contributed by atoms with Crippen molar-refractivity contribution in [2.24, 2.45) is 5.92 Å². The molecule has 0 saturated heterocycles. The van der Waals surface area contributed by atoms with Crippen LogP contribution in [0.15, 0.2) is 21.6 Å². The van der Waals surface area contributed by atoms with Crippen molar-refractivity contribution in [2.75, 3.05) is 25.5 Å². The maximum Gasteiger partial charge on any atom is 0.246 e. The van der Waals surface area contributed by atoms with E-state index in [1.54, 1.807) is 19.3 Å². The molecule has 0 unspecified atom stereocenters. The molecule has 0 radical (unpaired) electrons. The van der Waals surface area contributed by atoms with Crippen LogP contribution in [0.2, 0.25) is 0 Å². The van der Waals surface area contributed by atoms with Crippen molar-refractivity contribution in [1.29, 1.82) is 0 Å². The molecule has 1 N–H and O–H groups in total. The van der Waals surface area contributed by atoms with Gasteiger partial charge in [-0.05, 0) is 41.3 Å². The molecule has 7 heteroatoms. The summed E-state index contributed by atoms with van der Waals surface area (Å²) in [7, 11) is -1.93. The van der Waals surface area contributed by atoms with Gasteiger partial charge < -0.3 is 5.32 Å². The average Bonchev–Trinajstić information content (AvgIpc) is 2.38. The first-order valence-electron chi connectivity index (χ1n) is 6.64. The number of hydrogen-bond donors (Lipinski definition) is 1. The van der Waals surface area contributed by atoms with E-state index in [9.17, 15) is 8.42 Å². The highest BCUT2D eigenvalue weighted by Gasteiger charge is 2.25. The molecular formula is C13H22BrN3O2S. The zero-order valence-electron chi connectivity index (χ0n) is 12.4. The van der Waals surface area contributed by atoms with Crippen molar-refractivity contribution in [3.05, 3.63) is 16.7 Å². The summed E-state index contributed by atoms with van der Waals surface area (Å²) >= 11 is 3.28. The van der Waals surface area contributed by atoms with E-state index in [2.05, 4.69) is 40.1 Å². The molecule has 1 aromatic rings. The van der Waals surface area contributed by atoms with Crippen LogP contribution in [0, 0.1) is 5.92 Å². The van der Waals surface area contributed by atoms with Crippen molar-refractivity contribution in [3.63, 3.8) is 0 Å². The molecule has 0 fully saturated rings. The second-order valence-corrected chi connectivity index (χ2v) is 7.97. The third-order valence-electron chi connectivity index (χ3n) is 2.87. The molecule has 0 aliphatic rings. The number of nitrogens with one attached hydrogen (secondary N) is 1. The number of halogens is 1. The zero-order valence-corrected chi connectivity index (χ0v) is 14.8. The van der Waals surface area contributed by atoms with Gasteiger partial charge in [0.25, 0.3) is 0 Å². The SMILES string of the molecule is CCNc1ncc(Br)cc1S(=O)(=O)N(C)CCC(C)C. The van der Waals surface area contributed by atoms with Crippen LogP contribution < -0.4 is 5.32 Å². The van der Waals surface area contributed by atoms with E-state index < -0.39 is 10.0 Å². The van der Waals surface area contributed by atoms with Gasteiger partial charge in [-0.3, -0.25) is 0 Å². The Balaban J connectivity index is 3.10. The molecular weight excluding hydrogens is 342 g/mol. The van der Waals surface area contributed by atoms with Gasteiger partial charge in [-0.2, -0.15) is 0 Å². The van der Waals surface area contributed by atoms with E-state index in [-0.39, 0.29) is 4.90 Å². The summed E-state index contributed by atoms with van der Waals surface area (Å²) < 4.78 is 27.3. The smallest absolute Gasteiger partial charge is 0.246 e. The fourth-order valence-electron chi connectivity index (χ4n) is 1.65. The largest absolute Gasteiger partial charge is 0.369 e. The lowest BCUT2D eigenvalue weighted by Crippen LogP contribution is -2.29. The van der Waals surface area contributed by atoms with Crippen LogP contribution in [0.1, 0.15) is 27.2 Å². The Morgan fingerprint density at radius 1 is 1.45 bits per heavy atom. The predicted molar refractivity (Wildman–Crippen MR) is 85.4 cm³/mol. The van der Waals surface area contributed by atoms with Crippen molar-refractivity contribution >= 4 is 31.8 Å². The quantitative estimate of drug-likeness (QED) is 0.808. The Hall–Kier alpha value is -0.660. The molecule has 5 nitrogen and oxygen atoms in total. The van der Waals surface area contributed by atoms with Gasteiger partial charge in [-0.15, -0.1) is 0 Å². The summed E-state index contributed by atoms with van der Waals surface area (Å²) in [6.45, 7) is 7.17. The van der Waals surface area contributed by atoms with Gasteiger partial charge in [0.05, 0.1) is 0 Å². The summed E-state index contributed by atoms with van der Waals surface area (Å²) in [4.78, 5) is 4.36. The molecule has 20 heavy (non-hydrogen) atoms. The number of anilines is 1. The van der Waals surface area contributed by atoms with Crippen LogP contribution in [0.25, 0.3) is 0 Å². The Labute approximate surface area is 130 Å². The number of hydrogen-bond acceptors (Lipinski definition) is 4. The number of nitrogens with zero attached hydrogens (tertiary/aromatic N) is 2. The van der Waals surface area contributed by atoms with E-state index in [4.69, 9.17) is 0 Å². The van der Waals surface area contributed by atoms with Gasteiger partial charge in [0.1, 0.15) is 10.7 Å². The standard InChI is InChI=1S/C13H22BrN3O2S/c1-5-15-13-12(8-11(14)9-16-13)20(18,19)17(4)7-6-10(2)3/h8-10H,5-7H2,1-4H3,(H,15,16). The fraction of sp³-hybridized carbons (Fsp3) is 0.615. The van der Waals surface area contributed by atoms with Crippen LogP contribution >= 0.6 is 15.9 Å². The molecule has 1 heterocycles. The minimum absolute atomic E-state index is 0.208. The molecule has 1 aromatic heterocycles. The number of sulfonamides is 1. The second kappa shape index (κ2) is 7.38. The van der Waals surface area contributed by atoms with Crippen LogP contribution in [-0.2, 0) is 10.0 Å². The topological polar surface area (TPSA) is 62.3 Å². The minimum atomic E-state index is -3.53. The first-order chi connectivity index (χ1) is 9.28. The summed E-state index contributed by atoms with van der Waals surface area (Å²) in [5.74, 6) is 0.855. The average molecular weight is 364 g/mol. The summed E-state index contributed by atoms with van der Waals surface area (Å²) in [5.41, 5.74) is 0. The Bertz CT molecular complexity index is 547. The van der Waals surface area contributed by atoms with Crippen molar-refractivity contribution in [2.45, 2.75) is 32.1 Å². The Kier molecular flexibility index (Phi) is 6.42. The Morgan fingerprint density at radius 2 is 2.10 bits per heavy atom. The van der Waals surface area contributed by atoms with Crippen LogP contribution in [0.4, 0.5) is 5.82 Å². The summed E-state index contributed by atoms with van der Waals surface area (Å²) in [5, 5.41) is 2.99. The lowest BCUT2D eigenvalue weighted by Gasteiger charge is -2.20. The third kappa shape index (κ3) is 4.43. The molecule has 0 aromatic carbocycles. The van der Waals surface area contributed by atoms with Gasteiger partial charge in [-0.25, -0.2) is 17.7 Å². The molecule has 0 amide bonds. The van der Waals surface area contributed by atoms with Crippen LogP contribution in [0.3, 0.4) is 0 Å². The molecule has 114 valence electrons. The number of pyridine rings is 1. The maximum atomic E-state index is 12.6. The summed E-state index contributed by atoms with van der Waals surface area (Å²) in [6, 6.07) is 1.59. The van der Waals surface area contributed by atoms with Crippen molar-refractivity contribution < 1.29 is 8.42 Å². The van der Waals surface area contributed by atoms with Gasteiger partial charge in [0, 0.05) is 30.8 Å². The van der Waals surface area contributed by atoms with Crippen molar-refractivity contribution in [3.8, 4) is 0 Å². The third-order valence-corrected chi connectivity index (χ3v) is 5.18. The molecule has 0 aliphatic heterocycles. The van der Waals surface area contributed by atoms with E-state index >= 15 is 0 Å². The van der Waals surface area contributed by atoms with Crippen molar-refractivity contribution in [1.82, 2.24) is 9.29 Å². The predicted octanol–water partition coefficient (Wildman–Crippen LogP) is 2.94. The van der Waals surface area contributed by atoms with E-state index in [1.165, 1.54) is 4.31 Å². The van der Waals surface area contributed by atoms with Crippen LogP contribution in [0.5, 0.6) is 0 Å². The highest BCUT2D eigenvalue weighted by molar-refractivity contribution is 9.10. The van der Waals surface area contributed by atoms with Gasteiger partial charge in [0.2, 0.25) is 10.0 Å². The normalized spacial score (nSPS) is 12.2.